The minimum Gasteiger partial charge on any atom is -0.372 e. The standard InChI is InChI=1S/C27H32N6O4/c28-22(12-20-14-30-17-31-20)26(35)32-23(11-18-7-3-1-4-8-18)27(36)33-15-21(13-24(33)25(29)34)37-16-19-9-5-2-6-10-19/h1-10,14,17,21-24H,11-13,15-16,28H2,(H2,29,34)(H,30,31)(H,32,35)/t21-,22+,23+,24+/m1/s1/i/hD. The summed E-state index contributed by atoms with van der Waals surface area (Å²) < 4.78 is 13.7. The van der Waals surface area contributed by atoms with Crippen LogP contribution in [-0.4, -0.2) is 63.4 Å². The van der Waals surface area contributed by atoms with E-state index >= 15 is 0 Å². The molecule has 37 heavy (non-hydrogen) atoms. The predicted octanol–water partition coefficient (Wildman–Crippen LogP) is 0.679. The Kier molecular flexibility index (Phi) is 8.19. The molecule has 0 bridgehead atoms. The smallest absolute Gasteiger partial charge is 0.246 e. The Morgan fingerprint density at radius 2 is 1.81 bits per heavy atom. The van der Waals surface area contributed by atoms with E-state index in [-0.39, 0.29) is 31.9 Å². The number of carbonyl (C=O) groups excluding carboxylic acids is 3. The van der Waals surface area contributed by atoms with Crippen molar-refractivity contribution in [3.8, 4) is 0 Å². The van der Waals surface area contributed by atoms with Gasteiger partial charge in [-0.25, -0.2) is 4.98 Å². The number of nitrogens with zero attached hydrogens (tertiary/aromatic N) is 2. The zero-order chi connectivity index (χ0) is 26.9. The molecule has 4 atom stereocenters. The Bertz CT molecular complexity index is 1190. The van der Waals surface area contributed by atoms with Crippen molar-refractivity contribution in [1.29, 1.82) is 0 Å². The molecule has 2 aromatic carbocycles. The van der Waals surface area contributed by atoms with Crippen LogP contribution in [0.2, 0.25) is 1.41 Å². The van der Waals surface area contributed by atoms with Gasteiger partial charge in [-0.05, 0) is 11.1 Å². The summed E-state index contributed by atoms with van der Waals surface area (Å²) in [5.41, 5.74) is 10.4. The maximum Gasteiger partial charge on any atom is 0.246 e. The molecule has 1 saturated heterocycles. The van der Waals surface area contributed by atoms with Crippen molar-refractivity contribution in [2.24, 2.45) is 11.5 Å². The van der Waals surface area contributed by atoms with E-state index in [0.717, 1.165) is 11.1 Å². The quantitative estimate of drug-likeness (QED) is 0.284. The minimum atomic E-state index is -0.975. The second-order valence-electron chi connectivity index (χ2n) is 9.15. The van der Waals surface area contributed by atoms with E-state index < -0.39 is 35.8 Å². The van der Waals surface area contributed by atoms with Gasteiger partial charge in [-0.1, -0.05) is 60.7 Å². The number of primary amides is 1. The number of hydrogen-bond donors (Lipinski definition) is 4. The number of H-pyrrole nitrogens is 1. The third-order valence-corrected chi connectivity index (χ3v) is 6.40. The molecule has 4 rings (SSSR count). The van der Waals surface area contributed by atoms with Gasteiger partial charge in [0.05, 0.1) is 25.1 Å². The summed E-state index contributed by atoms with van der Waals surface area (Å²) in [6.07, 6.45) is 3.34. The number of nitrogens with one attached hydrogen (secondary N) is 2. The molecular formula is C27H32N6O4. The van der Waals surface area contributed by atoms with Crippen molar-refractivity contribution in [2.75, 3.05) is 6.54 Å². The number of benzene rings is 2. The molecule has 0 unspecified atom stereocenters. The lowest BCUT2D eigenvalue weighted by Gasteiger charge is -2.28. The fraction of sp³-hybridized carbons (Fsp3) is 0.333. The Morgan fingerprint density at radius 3 is 2.43 bits per heavy atom. The topological polar surface area (TPSA) is 156 Å². The molecule has 0 radical (unpaired) electrons. The molecule has 6 N–H and O–H groups in total. The molecule has 1 aliphatic rings. The van der Waals surface area contributed by atoms with Gasteiger partial charge in [0.2, 0.25) is 17.7 Å². The third-order valence-electron chi connectivity index (χ3n) is 6.40. The first-order valence-corrected chi connectivity index (χ1v) is 12.2. The van der Waals surface area contributed by atoms with Crippen LogP contribution in [-0.2, 0) is 38.6 Å². The summed E-state index contributed by atoms with van der Waals surface area (Å²) in [7, 11) is 0. The first-order valence-electron chi connectivity index (χ1n) is 12.7. The number of rotatable bonds is 12. The molecule has 0 spiro atoms. The molecule has 3 aromatic rings. The average molecular weight is 506 g/mol. The lowest BCUT2D eigenvalue weighted by Crippen LogP contribution is -2.56. The van der Waals surface area contributed by atoms with E-state index in [2.05, 4.69) is 21.0 Å². The molecule has 1 fully saturated rings. The summed E-state index contributed by atoms with van der Waals surface area (Å²) in [5, 5.41) is 2.80. The van der Waals surface area contributed by atoms with Crippen LogP contribution < -0.4 is 16.8 Å². The van der Waals surface area contributed by atoms with Crippen molar-refractivity contribution in [1.82, 2.24) is 20.2 Å². The fourth-order valence-corrected chi connectivity index (χ4v) is 4.45. The Morgan fingerprint density at radius 1 is 1.11 bits per heavy atom. The Hall–Kier alpha value is -4.02. The van der Waals surface area contributed by atoms with Gasteiger partial charge in [-0.3, -0.25) is 14.4 Å². The van der Waals surface area contributed by atoms with E-state index in [1.807, 2.05) is 60.7 Å². The fourth-order valence-electron chi connectivity index (χ4n) is 4.45. The first-order chi connectivity index (χ1) is 18.4. The van der Waals surface area contributed by atoms with E-state index in [1.54, 1.807) is 6.20 Å². The monoisotopic (exact) mass is 505 g/mol. The van der Waals surface area contributed by atoms with Crippen molar-refractivity contribution in [2.45, 2.75) is 50.1 Å². The molecule has 1 aromatic heterocycles. The third kappa shape index (κ3) is 7.02. The number of imidazole rings is 1. The Labute approximate surface area is 216 Å². The minimum absolute atomic E-state index is 0.175. The highest BCUT2D eigenvalue weighted by Crippen LogP contribution is 2.23. The molecule has 3 amide bonds. The SMILES string of the molecule is [2H]N[C@@H](Cc1cnc[nH]1)C(=O)N[C@@H](Cc1ccccc1)C(=O)N1C[C@H](OCc2ccccc2)C[C@H]1C(N)=O. The molecule has 10 heteroatoms. The van der Waals surface area contributed by atoms with Crippen LogP contribution in [0.3, 0.4) is 0 Å². The maximum atomic E-state index is 13.8. The first kappa shape index (κ1) is 24.7. The van der Waals surface area contributed by atoms with Crippen molar-refractivity contribution in [3.05, 3.63) is 90.0 Å². The van der Waals surface area contributed by atoms with Gasteiger partial charge in [0.15, 0.2) is 0 Å². The van der Waals surface area contributed by atoms with Gasteiger partial charge in [-0.15, -0.1) is 0 Å². The summed E-state index contributed by atoms with van der Waals surface area (Å²) >= 11 is 0. The number of nitrogens with two attached hydrogens (primary N) is 2. The van der Waals surface area contributed by atoms with Gasteiger partial charge < -0.3 is 31.4 Å². The number of aromatic amines is 1. The van der Waals surface area contributed by atoms with E-state index in [0.29, 0.717) is 12.3 Å². The van der Waals surface area contributed by atoms with Crippen LogP contribution >= 0.6 is 0 Å². The number of aromatic nitrogens is 2. The van der Waals surface area contributed by atoms with Crippen molar-refractivity contribution < 1.29 is 20.5 Å². The molecule has 10 nitrogen and oxygen atoms in total. The predicted molar refractivity (Wildman–Crippen MR) is 137 cm³/mol. The average Bonchev–Trinajstić information content (AvgIpc) is 3.61. The molecular weight excluding hydrogens is 472 g/mol. The zero-order valence-electron chi connectivity index (χ0n) is 21.4. The van der Waals surface area contributed by atoms with Crippen LogP contribution in [0.5, 0.6) is 0 Å². The summed E-state index contributed by atoms with van der Waals surface area (Å²) in [6, 6.07) is 16.2. The highest BCUT2D eigenvalue weighted by molar-refractivity contribution is 5.93. The van der Waals surface area contributed by atoms with Crippen molar-refractivity contribution >= 4 is 17.7 Å². The number of amides is 3. The number of ether oxygens (including phenoxy) is 1. The van der Waals surface area contributed by atoms with Crippen LogP contribution in [0.1, 0.15) is 23.2 Å². The number of hydrogen-bond acceptors (Lipinski definition) is 6. The lowest BCUT2D eigenvalue weighted by molar-refractivity contribution is -0.141. The second kappa shape index (κ2) is 12.3. The van der Waals surface area contributed by atoms with E-state index in [1.165, 1.54) is 11.2 Å². The van der Waals surface area contributed by atoms with Crippen LogP contribution in [0.15, 0.2) is 73.2 Å². The van der Waals surface area contributed by atoms with Crippen LogP contribution in [0.25, 0.3) is 0 Å². The Balaban J connectivity index is 1.49. The van der Waals surface area contributed by atoms with Gasteiger partial charge in [-0.2, -0.15) is 0 Å². The normalized spacial score (nSPS) is 19.1. The van der Waals surface area contributed by atoms with E-state index in [9.17, 15) is 14.4 Å². The zero-order valence-corrected chi connectivity index (χ0v) is 20.4. The van der Waals surface area contributed by atoms with Crippen LogP contribution in [0, 0.1) is 0 Å². The van der Waals surface area contributed by atoms with Gasteiger partial charge >= 0.3 is 0 Å². The van der Waals surface area contributed by atoms with E-state index in [4.69, 9.17) is 11.9 Å². The number of likely N-dealkylation sites (tertiary alicyclic amines) is 1. The van der Waals surface area contributed by atoms with Gasteiger partial charge in [0.25, 0.3) is 0 Å². The molecule has 0 saturated carbocycles. The summed E-state index contributed by atoms with van der Waals surface area (Å²) in [6.45, 7) is 0.516. The van der Waals surface area contributed by atoms with Gasteiger partial charge in [0.1, 0.15) is 13.5 Å². The highest BCUT2D eigenvalue weighted by atomic mass is 16.5. The molecule has 0 aliphatic carbocycles. The van der Waals surface area contributed by atoms with Gasteiger partial charge in [0, 0.05) is 37.7 Å². The lowest BCUT2D eigenvalue weighted by atomic mass is 10.0. The maximum absolute atomic E-state index is 13.8. The molecule has 1 aliphatic heterocycles. The van der Waals surface area contributed by atoms with Crippen LogP contribution in [0.4, 0.5) is 0 Å². The summed E-state index contributed by atoms with van der Waals surface area (Å²) in [5.74, 6) is -1.57. The second-order valence-corrected chi connectivity index (χ2v) is 9.15. The summed E-state index contributed by atoms with van der Waals surface area (Å²) in [4.78, 5) is 47.5. The molecule has 2 heterocycles. The number of carbonyl (C=O) groups is 3. The largest absolute Gasteiger partial charge is 0.372 e. The van der Waals surface area contributed by atoms with Crippen molar-refractivity contribution in [3.63, 3.8) is 0 Å². The highest BCUT2D eigenvalue weighted by Gasteiger charge is 2.42. The molecule has 194 valence electrons.